The number of ether oxygens (including phenoxy) is 1. The topological polar surface area (TPSA) is 100 Å². The summed E-state index contributed by atoms with van der Waals surface area (Å²) in [6, 6.07) is 7.86. The number of methoxy groups -OCH3 is 1. The van der Waals surface area contributed by atoms with Crippen LogP contribution in [0.4, 0.5) is 10.1 Å². The van der Waals surface area contributed by atoms with Gasteiger partial charge in [0.15, 0.2) is 0 Å². The molecule has 2 unspecified atom stereocenters. The predicted molar refractivity (Wildman–Crippen MR) is 119 cm³/mol. The van der Waals surface area contributed by atoms with Gasteiger partial charge in [0.2, 0.25) is 5.91 Å². The zero-order valence-electron chi connectivity index (χ0n) is 17.6. The molecule has 6 rings (SSSR count). The number of pyridine rings is 1. The Bertz CT molecular complexity index is 1360. The zero-order valence-corrected chi connectivity index (χ0v) is 18.3. The third-order valence-corrected chi connectivity index (χ3v) is 7.31. The first kappa shape index (κ1) is 20.3. The van der Waals surface area contributed by atoms with E-state index in [-0.39, 0.29) is 34.3 Å². The van der Waals surface area contributed by atoms with Gasteiger partial charge in [-0.05, 0) is 49.1 Å². The van der Waals surface area contributed by atoms with Crippen LogP contribution in [0.15, 0.2) is 41.3 Å². The van der Waals surface area contributed by atoms with Gasteiger partial charge < -0.3 is 10.1 Å². The number of anilines is 1. The average molecular weight is 468 g/mol. The van der Waals surface area contributed by atoms with Crippen molar-refractivity contribution in [2.45, 2.75) is 36.9 Å². The number of benzene rings is 1. The number of piperidine rings is 1. The molecule has 2 fully saturated rings. The van der Waals surface area contributed by atoms with Gasteiger partial charge in [0.05, 0.1) is 41.4 Å². The minimum atomic E-state index is -0.681. The number of fused-ring (bicyclic) bond motifs is 2. The number of aromatic amines is 1. The van der Waals surface area contributed by atoms with E-state index in [0.717, 1.165) is 11.3 Å². The highest BCUT2D eigenvalue weighted by atomic mass is 35.5. The van der Waals surface area contributed by atoms with Crippen LogP contribution in [0, 0.1) is 5.82 Å². The van der Waals surface area contributed by atoms with Gasteiger partial charge in [-0.15, -0.1) is 0 Å². The van der Waals surface area contributed by atoms with Crippen molar-refractivity contribution in [3.05, 3.63) is 69.0 Å². The zero-order chi connectivity index (χ0) is 22.9. The van der Waals surface area contributed by atoms with E-state index in [4.69, 9.17) is 16.3 Å². The van der Waals surface area contributed by atoms with Crippen molar-refractivity contribution in [1.29, 1.82) is 0 Å². The first-order chi connectivity index (χ1) is 15.9. The third kappa shape index (κ3) is 2.92. The molecule has 8 nitrogen and oxygen atoms in total. The molecule has 168 valence electrons. The molecule has 3 aromatic rings. The minimum Gasteiger partial charge on any atom is -0.495 e. The van der Waals surface area contributed by atoms with Crippen molar-refractivity contribution in [1.82, 2.24) is 20.1 Å². The molecule has 33 heavy (non-hydrogen) atoms. The number of rotatable bonds is 4. The van der Waals surface area contributed by atoms with Gasteiger partial charge in [0.1, 0.15) is 17.1 Å². The molecule has 0 saturated carbocycles. The van der Waals surface area contributed by atoms with E-state index in [0.29, 0.717) is 36.3 Å². The average Bonchev–Trinajstić information content (AvgIpc) is 2.77. The molecule has 5 heterocycles. The second-order valence-corrected chi connectivity index (χ2v) is 9.12. The fourth-order valence-electron chi connectivity index (χ4n) is 5.47. The van der Waals surface area contributed by atoms with Crippen LogP contribution in [0.25, 0.3) is 11.3 Å². The number of nitrogens with zero attached hydrogens (tertiary/aromatic N) is 3. The maximum Gasteiger partial charge on any atom is 0.264 e. The first-order valence-corrected chi connectivity index (χ1v) is 11.0. The lowest BCUT2D eigenvalue weighted by Gasteiger charge is -2.70. The van der Waals surface area contributed by atoms with Crippen LogP contribution in [-0.2, 0) is 11.2 Å². The highest BCUT2D eigenvalue weighted by Gasteiger charge is 2.69. The highest BCUT2D eigenvalue weighted by Crippen LogP contribution is 2.61. The van der Waals surface area contributed by atoms with Gasteiger partial charge in [-0.1, -0.05) is 11.6 Å². The maximum absolute atomic E-state index is 14.9. The van der Waals surface area contributed by atoms with E-state index < -0.39 is 11.4 Å². The van der Waals surface area contributed by atoms with Crippen LogP contribution in [0.1, 0.15) is 30.1 Å². The summed E-state index contributed by atoms with van der Waals surface area (Å²) < 4.78 is 20.0. The van der Waals surface area contributed by atoms with Gasteiger partial charge in [-0.2, -0.15) is 5.10 Å². The van der Waals surface area contributed by atoms with Crippen LogP contribution in [0.3, 0.4) is 0 Å². The quantitative estimate of drug-likeness (QED) is 0.611. The van der Waals surface area contributed by atoms with E-state index in [1.807, 2.05) is 0 Å². The molecular weight excluding hydrogens is 449 g/mol. The SMILES string of the molecule is COc1ccc(-c2cc(F)c(NC(=O)C34CC5c6n[nH]c(=O)cc6C[C@H](C3)N54)cc2Cl)nc1. The molecule has 0 radical (unpaired) electrons. The molecule has 1 amide bonds. The first-order valence-electron chi connectivity index (χ1n) is 10.6. The summed E-state index contributed by atoms with van der Waals surface area (Å²) in [6.45, 7) is 0. The number of aromatic nitrogens is 3. The molecule has 3 aliphatic rings. The number of nitrogens with one attached hydrogen (secondary N) is 2. The fraction of sp³-hybridized carbons (Fsp3) is 0.304. The van der Waals surface area contributed by atoms with Crippen LogP contribution >= 0.6 is 11.6 Å². The summed E-state index contributed by atoms with van der Waals surface area (Å²) in [4.78, 5) is 31.2. The molecular formula is C23H19ClFN5O3. The number of hydrogen-bond acceptors (Lipinski definition) is 6. The molecule has 3 atom stereocenters. The number of amides is 1. The fourth-order valence-corrected chi connectivity index (χ4v) is 5.74. The maximum atomic E-state index is 14.9. The second kappa shape index (κ2) is 7.10. The predicted octanol–water partition coefficient (Wildman–Crippen LogP) is 3.09. The summed E-state index contributed by atoms with van der Waals surface area (Å²) in [5, 5.41) is 9.70. The summed E-state index contributed by atoms with van der Waals surface area (Å²) in [6.07, 6.45) is 3.44. The van der Waals surface area contributed by atoms with Crippen LogP contribution in [0.5, 0.6) is 5.75 Å². The van der Waals surface area contributed by atoms with E-state index in [1.54, 1.807) is 18.2 Å². The smallest absolute Gasteiger partial charge is 0.264 e. The van der Waals surface area contributed by atoms with Gasteiger partial charge in [0, 0.05) is 17.7 Å². The lowest BCUT2D eigenvalue weighted by atomic mass is 9.59. The third-order valence-electron chi connectivity index (χ3n) is 7.00. The number of halogens is 2. The van der Waals surface area contributed by atoms with E-state index >= 15 is 0 Å². The monoisotopic (exact) mass is 467 g/mol. The van der Waals surface area contributed by atoms with Crippen molar-refractivity contribution in [3.8, 4) is 17.0 Å². The standard InChI is InChI=1S/C23H19ClFN5O3/c1-33-13-2-3-17(26-10-13)14-6-16(25)18(7-15(14)24)27-22(32)23-8-12-4-11-5-20(31)28-29-21(11)19(9-23)30(12)23/h2-3,5-7,10,12,19H,4,8-9H2,1H3,(H,27,32)(H,28,31)/t12-,19?,23?/m1/s1. The lowest BCUT2D eigenvalue weighted by Crippen LogP contribution is -2.81. The molecule has 2 saturated heterocycles. The summed E-state index contributed by atoms with van der Waals surface area (Å²) in [5.41, 5.74) is 1.82. The van der Waals surface area contributed by atoms with Crippen LogP contribution < -0.4 is 15.6 Å². The number of carbonyl (C=O) groups is 1. The molecule has 1 aromatic carbocycles. The van der Waals surface area contributed by atoms with Gasteiger partial charge in [-0.3, -0.25) is 19.5 Å². The van der Waals surface area contributed by atoms with Crippen molar-refractivity contribution >= 4 is 23.2 Å². The molecule has 2 aromatic heterocycles. The normalized spacial score (nSPS) is 24.7. The number of H-pyrrole nitrogens is 1. The van der Waals surface area contributed by atoms with E-state index in [2.05, 4.69) is 25.4 Å². The molecule has 0 aliphatic carbocycles. The van der Waals surface area contributed by atoms with Crippen LogP contribution in [0.2, 0.25) is 5.02 Å². The van der Waals surface area contributed by atoms with Crippen molar-refractivity contribution in [3.63, 3.8) is 0 Å². The molecule has 3 aliphatic heterocycles. The Morgan fingerprint density at radius 1 is 1.33 bits per heavy atom. The van der Waals surface area contributed by atoms with Gasteiger partial charge in [0.25, 0.3) is 5.56 Å². The van der Waals surface area contributed by atoms with E-state index in [1.165, 1.54) is 25.4 Å². The molecule has 2 N–H and O–H groups in total. The Kier molecular flexibility index (Phi) is 4.37. The highest BCUT2D eigenvalue weighted by molar-refractivity contribution is 6.33. The lowest BCUT2D eigenvalue weighted by molar-refractivity contribution is -0.207. The van der Waals surface area contributed by atoms with E-state index in [9.17, 15) is 14.0 Å². The molecule has 0 bridgehead atoms. The summed E-state index contributed by atoms with van der Waals surface area (Å²) >= 11 is 6.41. The molecule has 10 heteroatoms. The Labute approximate surface area is 192 Å². The summed E-state index contributed by atoms with van der Waals surface area (Å²) in [5.74, 6) is -0.266. The molecule has 0 spiro atoms. The minimum absolute atomic E-state index is 0.00735. The largest absolute Gasteiger partial charge is 0.495 e. The Balaban J connectivity index is 1.23. The van der Waals surface area contributed by atoms with Gasteiger partial charge in [-0.25, -0.2) is 9.49 Å². The van der Waals surface area contributed by atoms with Gasteiger partial charge >= 0.3 is 0 Å². The van der Waals surface area contributed by atoms with Crippen molar-refractivity contribution < 1.29 is 13.9 Å². The number of carbonyl (C=O) groups excluding carboxylic acids is 1. The Morgan fingerprint density at radius 2 is 2.18 bits per heavy atom. The number of hydrogen-bond donors (Lipinski definition) is 2. The Morgan fingerprint density at radius 3 is 2.94 bits per heavy atom. The van der Waals surface area contributed by atoms with Crippen molar-refractivity contribution in [2.75, 3.05) is 12.4 Å². The van der Waals surface area contributed by atoms with Crippen molar-refractivity contribution in [2.24, 2.45) is 0 Å². The second-order valence-electron chi connectivity index (χ2n) is 8.71. The Hall–Kier alpha value is -3.30. The van der Waals surface area contributed by atoms with Crippen LogP contribution in [-0.4, -0.2) is 44.7 Å². The summed E-state index contributed by atoms with van der Waals surface area (Å²) in [7, 11) is 1.54.